The lowest BCUT2D eigenvalue weighted by Crippen LogP contribution is -2.50. The molecular formula is C16H11F7N4O. The number of benzene rings is 1. The summed E-state index contributed by atoms with van der Waals surface area (Å²) < 4.78 is 91.2. The van der Waals surface area contributed by atoms with Gasteiger partial charge >= 0.3 is 12.4 Å². The van der Waals surface area contributed by atoms with Crippen molar-refractivity contribution in [1.82, 2.24) is 19.7 Å². The van der Waals surface area contributed by atoms with Crippen LogP contribution >= 0.6 is 0 Å². The molecule has 2 aromatic rings. The second kappa shape index (κ2) is 6.91. The van der Waals surface area contributed by atoms with Gasteiger partial charge in [0.1, 0.15) is 12.5 Å². The second-order valence-electron chi connectivity index (χ2n) is 6.00. The van der Waals surface area contributed by atoms with Crippen LogP contribution < -0.4 is 0 Å². The van der Waals surface area contributed by atoms with Crippen molar-refractivity contribution in [2.24, 2.45) is 0 Å². The summed E-state index contributed by atoms with van der Waals surface area (Å²) in [5.74, 6) is -0.897. The van der Waals surface area contributed by atoms with E-state index in [1.165, 1.54) is 4.90 Å². The first-order valence-corrected chi connectivity index (χ1v) is 7.75. The fourth-order valence-corrected chi connectivity index (χ4v) is 2.41. The van der Waals surface area contributed by atoms with Gasteiger partial charge in [-0.05, 0) is 18.2 Å². The Bertz CT molecular complexity index is 878. The Hall–Kier alpha value is -2.92. The van der Waals surface area contributed by atoms with Crippen molar-refractivity contribution in [3.63, 3.8) is 0 Å². The fourth-order valence-electron chi connectivity index (χ4n) is 2.41. The number of alkyl halides is 7. The van der Waals surface area contributed by atoms with Crippen LogP contribution in [0.4, 0.5) is 30.7 Å². The number of hydrogen-bond donors (Lipinski definition) is 0. The molecule has 0 radical (unpaired) electrons. The number of aromatic nitrogens is 3. The molecule has 1 aromatic heterocycles. The Morgan fingerprint density at radius 3 is 2.11 bits per heavy atom. The SMILES string of the molecule is O=C(/C=C\n1cnc(-c2cc(C(F)(F)F)cc(C(F)(F)F)c2)n1)N1CC(F)C1. The number of hydrogen-bond acceptors (Lipinski definition) is 3. The molecule has 12 heteroatoms. The predicted octanol–water partition coefficient (Wildman–Crippen LogP) is 3.63. The zero-order valence-electron chi connectivity index (χ0n) is 13.8. The van der Waals surface area contributed by atoms with Crippen LogP contribution in [-0.2, 0) is 17.1 Å². The average Bonchev–Trinajstić information content (AvgIpc) is 3.04. The third-order valence-electron chi connectivity index (χ3n) is 3.87. The number of nitrogens with zero attached hydrogens (tertiary/aromatic N) is 4. The smallest absolute Gasteiger partial charge is 0.333 e. The lowest BCUT2D eigenvalue weighted by atomic mass is 10.0. The summed E-state index contributed by atoms with van der Waals surface area (Å²) in [4.78, 5) is 16.6. The van der Waals surface area contributed by atoms with Gasteiger partial charge in [-0.15, -0.1) is 5.10 Å². The Balaban J connectivity index is 1.87. The normalized spacial score (nSPS) is 15.9. The molecule has 0 atom stereocenters. The topological polar surface area (TPSA) is 51.0 Å². The second-order valence-corrected chi connectivity index (χ2v) is 6.00. The molecule has 0 spiro atoms. The molecule has 1 fully saturated rings. The zero-order valence-corrected chi connectivity index (χ0v) is 13.8. The number of amides is 1. The number of carbonyl (C=O) groups is 1. The standard InChI is InChI=1S/C16H11F7N4O/c17-12-6-26(7-12)13(28)1-2-27-8-24-14(25-27)9-3-10(15(18,19)20)5-11(4-9)16(21,22)23/h1-5,8,12H,6-7H2/b2-1-. The Kier molecular flexibility index (Phi) is 4.90. The van der Waals surface area contributed by atoms with Gasteiger partial charge in [0.25, 0.3) is 0 Å². The first kappa shape index (κ1) is 19.8. The van der Waals surface area contributed by atoms with E-state index >= 15 is 0 Å². The molecule has 3 rings (SSSR count). The van der Waals surface area contributed by atoms with Crippen LogP contribution in [0.25, 0.3) is 17.6 Å². The molecule has 1 saturated heterocycles. The van der Waals surface area contributed by atoms with Crippen molar-refractivity contribution in [3.05, 3.63) is 41.7 Å². The van der Waals surface area contributed by atoms with Crippen LogP contribution in [0.3, 0.4) is 0 Å². The quantitative estimate of drug-likeness (QED) is 0.576. The first-order chi connectivity index (χ1) is 12.9. The highest BCUT2D eigenvalue weighted by molar-refractivity contribution is 5.90. The summed E-state index contributed by atoms with van der Waals surface area (Å²) in [5.41, 5.74) is -3.46. The van der Waals surface area contributed by atoms with E-state index < -0.39 is 41.1 Å². The van der Waals surface area contributed by atoms with Crippen molar-refractivity contribution in [2.45, 2.75) is 18.5 Å². The molecule has 0 N–H and O–H groups in total. The lowest BCUT2D eigenvalue weighted by Gasteiger charge is -2.33. The number of likely N-dealkylation sites (tertiary alicyclic amines) is 1. The van der Waals surface area contributed by atoms with E-state index in [1.54, 1.807) is 0 Å². The predicted molar refractivity (Wildman–Crippen MR) is 82.3 cm³/mol. The molecule has 1 aliphatic rings. The summed E-state index contributed by atoms with van der Waals surface area (Å²) in [6.07, 6.45) is -7.90. The van der Waals surface area contributed by atoms with Gasteiger partial charge in [-0.1, -0.05) is 0 Å². The minimum absolute atomic E-state index is 0.00423. The molecule has 2 heterocycles. The average molecular weight is 408 g/mol. The van der Waals surface area contributed by atoms with E-state index in [-0.39, 0.29) is 25.0 Å². The third-order valence-corrected chi connectivity index (χ3v) is 3.87. The van der Waals surface area contributed by atoms with Crippen molar-refractivity contribution < 1.29 is 35.5 Å². The van der Waals surface area contributed by atoms with E-state index in [4.69, 9.17) is 0 Å². The van der Waals surface area contributed by atoms with Gasteiger partial charge in [-0.3, -0.25) is 4.79 Å². The first-order valence-electron chi connectivity index (χ1n) is 7.75. The van der Waals surface area contributed by atoms with Crippen molar-refractivity contribution in [3.8, 4) is 11.4 Å². The Morgan fingerprint density at radius 1 is 1.04 bits per heavy atom. The van der Waals surface area contributed by atoms with Crippen LogP contribution in [0, 0.1) is 0 Å². The molecule has 150 valence electrons. The van der Waals surface area contributed by atoms with E-state index in [1.807, 2.05) is 0 Å². The fraction of sp³-hybridized carbons (Fsp3) is 0.312. The van der Waals surface area contributed by atoms with Crippen LogP contribution in [0.1, 0.15) is 11.1 Å². The van der Waals surface area contributed by atoms with Crippen LogP contribution in [0.5, 0.6) is 0 Å². The number of rotatable bonds is 3. The molecule has 0 saturated carbocycles. The molecule has 5 nitrogen and oxygen atoms in total. The maximum absolute atomic E-state index is 12.9. The molecule has 28 heavy (non-hydrogen) atoms. The Labute approximate surface area is 153 Å². The summed E-state index contributed by atoms with van der Waals surface area (Å²) in [6.45, 7) is -0.0908. The summed E-state index contributed by atoms with van der Waals surface area (Å²) >= 11 is 0. The highest BCUT2D eigenvalue weighted by Gasteiger charge is 2.37. The molecule has 1 aliphatic heterocycles. The van der Waals surface area contributed by atoms with Gasteiger partial charge in [0.2, 0.25) is 5.91 Å². The summed E-state index contributed by atoms with van der Waals surface area (Å²) in [6, 6.07) is 1.01. The molecule has 1 aromatic carbocycles. The van der Waals surface area contributed by atoms with Crippen molar-refractivity contribution in [2.75, 3.05) is 13.1 Å². The van der Waals surface area contributed by atoms with E-state index in [0.717, 1.165) is 23.3 Å². The van der Waals surface area contributed by atoms with E-state index in [0.29, 0.717) is 12.1 Å². The summed E-state index contributed by atoms with van der Waals surface area (Å²) in [7, 11) is 0. The highest BCUT2D eigenvalue weighted by Crippen LogP contribution is 2.38. The van der Waals surface area contributed by atoms with E-state index in [9.17, 15) is 35.5 Å². The van der Waals surface area contributed by atoms with Crippen LogP contribution in [0.2, 0.25) is 0 Å². The largest absolute Gasteiger partial charge is 0.416 e. The van der Waals surface area contributed by atoms with Gasteiger partial charge in [-0.25, -0.2) is 14.1 Å². The van der Waals surface area contributed by atoms with Crippen LogP contribution in [-0.4, -0.2) is 44.8 Å². The molecular weight excluding hydrogens is 397 g/mol. The van der Waals surface area contributed by atoms with Gasteiger partial charge in [0.05, 0.1) is 24.2 Å². The Morgan fingerprint density at radius 2 is 1.61 bits per heavy atom. The van der Waals surface area contributed by atoms with Gasteiger partial charge in [0, 0.05) is 17.8 Å². The molecule has 0 bridgehead atoms. The third kappa shape index (κ3) is 4.31. The van der Waals surface area contributed by atoms with Crippen molar-refractivity contribution >= 4 is 12.1 Å². The summed E-state index contributed by atoms with van der Waals surface area (Å²) in [5, 5.41) is 3.76. The monoisotopic (exact) mass is 408 g/mol. The van der Waals surface area contributed by atoms with Gasteiger partial charge < -0.3 is 4.90 Å². The minimum atomic E-state index is -4.99. The maximum Gasteiger partial charge on any atom is 0.416 e. The molecule has 0 aliphatic carbocycles. The number of carbonyl (C=O) groups excluding carboxylic acids is 1. The zero-order chi connectivity index (χ0) is 20.7. The van der Waals surface area contributed by atoms with Crippen LogP contribution in [0.15, 0.2) is 30.6 Å². The molecule has 0 unspecified atom stereocenters. The minimum Gasteiger partial charge on any atom is -0.333 e. The number of halogens is 7. The molecule has 1 amide bonds. The van der Waals surface area contributed by atoms with E-state index in [2.05, 4.69) is 10.1 Å². The maximum atomic E-state index is 12.9. The van der Waals surface area contributed by atoms with Gasteiger partial charge in [-0.2, -0.15) is 26.3 Å². The lowest BCUT2D eigenvalue weighted by molar-refractivity contribution is -0.143. The van der Waals surface area contributed by atoms with Gasteiger partial charge in [0.15, 0.2) is 5.82 Å². The van der Waals surface area contributed by atoms with Crippen molar-refractivity contribution in [1.29, 1.82) is 0 Å². The highest BCUT2D eigenvalue weighted by atomic mass is 19.4.